The molecule has 0 saturated heterocycles. The van der Waals surface area contributed by atoms with E-state index in [1.54, 1.807) is 6.07 Å². The topological polar surface area (TPSA) is 38.9 Å². The lowest BCUT2D eigenvalue weighted by molar-refractivity contribution is 0.637. The number of aromatic nitrogens is 1. The van der Waals surface area contributed by atoms with Crippen LogP contribution in [0.5, 0.6) is 0 Å². The fourth-order valence-electron chi connectivity index (χ4n) is 1.31. The van der Waals surface area contributed by atoms with Crippen molar-refractivity contribution in [2.75, 3.05) is 5.73 Å². The molecule has 0 fully saturated rings. The highest BCUT2D eigenvalue weighted by Crippen LogP contribution is 2.26. The van der Waals surface area contributed by atoms with Gasteiger partial charge in [0.25, 0.3) is 0 Å². The first-order valence-corrected chi connectivity index (χ1v) is 4.48. The summed E-state index contributed by atoms with van der Waals surface area (Å²) in [7, 11) is 0. The van der Waals surface area contributed by atoms with Crippen molar-refractivity contribution in [2.45, 2.75) is 6.92 Å². The van der Waals surface area contributed by atoms with Crippen LogP contribution in [0.25, 0.3) is 10.9 Å². The summed E-state index contributed by atoms with van der Waals surface area (Å²) in [5, 5.41) is 1.08. The maximum Gasteiger partial charge on any atom is 0.149 e. The zero-order chi connectivity index (χ0) is 10.3. The van der Waals surface area contributed by atoms with Gasteiger partial charge in [0.1, 0.15) is 17.2 Å². The van der Waals surface area contributed by atoms with Crippen molar-refractivity contribution in [3.8, 4) is 0 Å². The largest absolute Gasteiger partial charge is 0.383 e. The molecule has 1 heterocycles. The zero-order valence-electron chi connectivity index (χ0n) is 7.51. The van der Waals surface area contributed by atoms with E-state index in [1.165, 1.54) is 12.1 Å². The normalized spacial score (nSPS) is 10.8. The van der Waals surface area contributed by atoms with Gasteiger partial charge < -0.3 is 5.73 Å². The van der Waals surface area contributed by atoms with Crippen LogP contribution in [0.1, 0.15) is 5.56 Å². The first kappa shape index (κ1) is 9.21. The summed E-state index contributed by atoms with van der Waals surface area (Å²) < 4.78 is 13.3. The second-order valence-electron chi connectivity index (χ2n) is 3.12. The molecular weight excluding hydrogens is 203 g/mol. The molecule has 0 bridgehead atoms. The fraction of sp³-hybridized carbons (Fsp3) is 0.100. The maximum atomic E-state index is 13.3. The van der Waals surface area contributed by atoms with Crippen LogP contribution >= 0.6 is 11.6 Å². The molecule has 0 aliphatic rings. The number of anilines is 1. The van der Waals surface area contributed by atoms with Gasteiger partial charge in [0.05, 0.1) is 5.02 Å². The summed E-state index contributed by atoms with van der Waals surface area (Å²) in [6, 6.07) is 4.53. The van der Waals surface area contributed by atoms with Gasteiger partial charge in [-0.3, -0.25) is 0 Å². The Kier molecular flexibility index (Phi) is 2.04. The van der Waals surface area contributed by atoms with Gasteiger partial charge in [-0.2, -0.15) is 0 Å². The number of halogens is 2. The molecular formula is C10H8ClFN2. The Morgan fingerprint density at radius 1 is 1.43 bits per heavy atom. The molecule has 0 atom stereocenters. The second kappa shape index (κ2) is 3.10. The predicted molar refractivity (Wildman–Crippen MR) is 55.9 cm³/mol. The highest BCUT2D eigenvalue weighted by atomic mass is 35.5. The molecule has 2 N–H and O–H groups in total. The van der Waals surface area contributed by atoms with Gasteiger partial charge in [-0.25, -0.2) is 9.37 Å². The lowest BCUT2D eigenvalue weighted by Gasteiger charge is -2.04. The minimum Gasteiger partial charge on any atom is -0.383 e. The van der Waals surface area contributed by atoms with Crippen LogP contribution in [-0.2, 0) is 0 Å². The third-order valence-electron chi connectivity index (χ3n) is 2.11. The van der Waals surface area contributed by atoms with Crippen molar-refractivity contribution in [1.82, 2.24) is 4.98 Å². The van der Waals surface area contributed by atoms with E-state index >= 15 is 0 Å². The number of rotatable bonds is 0. The summed E-state index contributed by atoms with van der Waals surface area (Å²) in [4.78, 5) is 3.95. The number of fused-ring (bicyclic) bond motifs is 1. The average Bonchev–Trinajstić information content (AvgIpc) is 2.15. The Balaban J connectivity index is 2.94. The van der Waals surface area contributed by atoms with Crippen molar-refractivity contribution in [2.24, 2.45) is 0 Å². The first-order valence-electron chi connectivity index (χ1n) is 4.10. The lowest BCUT2D eigenvalue weighted by Crippen LogP contribution is -1.96. The predicted octanol–water partition coefficient (Wildman–Crippen LogP) is 2.92. The molecule has 0 radical (unpaired) electrons. The number of nitrogen functional groups attached to an aromatic ring is 1. The molecule has 0 unspecified atom stereocenters. The van der Waals surface area contributed by atoms with Crippen molar-refractivity contribution in [3.63, 3.8) is 0 Å². The number of benzene rings is 1. The molecule has 0 amide bonds. The van der Waals surface area contributed by atoms with Crippen LogP contribution in [0.2, 0.25) is 5.02 Å². The molecule has 2 nitrogen and oxygen atoms in total. The van der Waals surface area contributed by atoms with Gasteiger partial charge >= 0.3 is 0 Å². The molecule has 2 aromatic rings. The van der Waals surface area contributed by atoms with Crippen molar-refractivity contribution in [3.05, 3.63) is 34.6 Å². The van der Waals surface area contributed by atoms with E-state index in [4.69, 9.17) is 17.3 Å². The maximum absolute atomic E-state index is 13.3. The molecule has 0 aliphatic carbocycles. The van der Waals surface area contributed by atoms with Gasteiger partial charge in [-0.05, 0) is 30.7 Å². The van der Waals surface area contributed by atoms with Gasteiger partial charge in [0.2, 0.25) is 0 Å². The highest BCUT2D eigenvalue weighted by Gasteiger charge is 2.07. The van der Waals surface area contributed by atoms with Crippen molar-refractivity contribution < 1.29 is 4.39 Å². The average molecular weight is 211 g/mol. The van der Waals surface area contributed by atoms with Gasteiger partial charge in [-0.15, -0.1) is 0 Å². The van der Waals surface area contributed by atoms with E-state index in [0.29, 0.717) is 16.2 Å². The molecule has 1 aromatic carbocycles. The SMILES string of the molecule is Cc1cc2c(Cl)ccc(F)c2nc1N. The zero-order valence-corrected chi connectivity index (χ0v) is 8.27. The van der Waals surface area contributed by atoms with Crippen LogP contribution in [-0.4, -0.2) is 4.98 Å². The van der Waals surface area contributed by atoms with Gasteiger partial charge in [0.15, 0.2) is 0 Å². The Hall–Kier alpha value is -1.35. The number of pyridine rings is 1. The summed E-state index contributed by atoms with van der Waals surface area (Å²) in [5.74, 6) is -0.0743. The van der Waals surface area contributed by atoms with E-state index in [9.17, 15) is 4.39 Å². The molecule has 0 spiro atoms. The van der Waals surface area contributed by atoms with Crippen LogP contribution in [0, 0.1) is 12.7 Å². The van der Waals surface area contributed by atoms with Crippen molar-refractivity contribution >= 4 is 28.3 Å². The fourth-order valence-corrected chi connectivity index (χ4v) is 1.51. The van der Waals surface area contributed by atoms with Gasteiger partial charge in [0, 0.05) is 5.39 Å². The molecule has 1 aromatic heterocycles. The monoisotopic (exact) mass is 210 g/mol. The molecule has 4 heteroatoms. The summed E-state index contributed by atoms with van der Waals surface area (Å²) in [6.45, 7) is 1.81. The quantitative estimate of drug-likeness (QED) is 0.726. The first-order chi connectivity index (χ1) is 6.59. The van der Waals surface area contributed by atoms with Crippen LogP contribution in [0.4, 0.5) is 10.2 Å². The third kappa shape index (κ3) is 1.30. The Morgan fingerprint density at radius 3 is 2.86 bits per heavy atom. The number of aryl methyl sites for hydroxylation is 1. The molecule has 14 heavy (non-hydrogen) atoms. The standard InChI is InChI=1S/C10H8ClFN2/c1-5-4-6-7(11)2-3-8(12)9(6)14-10(5)13/h2-4H,1H3,(H2,13,14). The minimum absolute atomic E-state index is 0.223. The third-order valence-corrected chi connectivity index (χ3v) is 2.44. The summed E-state index contributed by atoms with van der Waals surface area (Å²) in [5.41, 5.74) is 6.60. The number of hydrogen-bond acceptors (Lipinski definition) is 2. The number of nitrogens with two attached hydrogens (primary N) is 1. The van der Waals surface area contributed by atoms with E-state index in [2.05, 4.69) is 4.98 Å². The van der Waals surface area contributed by atoms with Crippen LogP contribution in [0.15, 0.2) is 18.2 Å². The summed E-state index contributed by atoms with van der Waals surface area (Å²) in [6.07, 6.45) is 0. The summed E-state index contributed by atoms with van der Waals surface area (Å²) >= 11 is 5.91. The van der Waals surface area contributed by atoms with E-state index in [1.807, 2.05) is 6.92 Å². The van der Waals surface area contributed by atoms with E-state index in [-0.39, 0.29) is 5.52 Å². The van der Waals surface area contributed by atoms with E-state index < -0.39 is 5.82 Å². The van der Waals surface area contributed by atoms with E-state index in [0.717, 1.165) is 5.56 Å². The number of nitrogens with zero attached hydrogens (tertiary/aromatic N) is 1. The highest BCUT2D eigenvalue weighted by molar-refractivity contribution is 6.35. The number of hydrogen-bond donors (Lipinski definition) is 1. The smallest absolute Gasteiger partial charge is 0.149 e. The van der Waals surface area contributed by atoms with Crippen molar-refractivity contribution in [1.29, 1.82) is 0 Å². The van der Waals surface area contributed by atoms with Crippen LogP contribution < -0.4 is 5.73 Å². The lowest BCUT2D eigenvalue weighted by atomic mass is 10.1. The molecule has 72 valence electrons. The van der Waals surface area contributed by atoms with Gasteiger partial charge in [-0.1, -0.05) is 11.6 Å². The van der Waals surface area contributed by atoms with Crippen LogP contribution in [0.3, 0.4) is 0 Å². The molecule has 0 saturated carbocycles. The Labute approximate surface area is 85.5 Å². The Bertz CT molecular complexity index is 464. The molecule has 0 aliphatic heterocycles. The Morgan fingerprint density at radius 2 is 2.14 bits per heavy atom. The minimum atomic E-state index is -0.406. The molecule has 2 rings (SSSR count). The second-order valence-corrected chi connectivity index (χ2v) is 3.52.